The second-order valence-corrected chi connectivity index (χ2v) is 10.6. The number of nitrogens with zero attached hydrogens (tertiary/aromatic N) is 2. The first-order valence-corrected chi connectivity index (χ1v) is 13.3. The van der Waals surface area contributed by atoms with Gasteiger partial charge in [0.1, 0.15) is 5.65 Å². The molecule has 37 heavy (non-hydrogen) atoms. The van der Waals surface area contributed by atoms with Gasteiger partial charge < -0.3 is 9.72 Å². The van der Waals surface area contributed by atoms with E-state index in [0.29, 0.717) is 12.8 Å². The third kappa shape index (κ3) is 4.78. The van der Waals surface area contributed by atoms with Crippen LogP contribution in [0.15, 0.2) is 97.2 Å². The zero-order valence-electron chi connectivity index (χ0n) is 20.9. The molecule has 0 aliphatic rings. The predicted octanol–water partition coefficient (Wildman–Crippen LogP) is 8.07. The minimum atomic E-state index is -0.00526. The van der Waals surface area contributed by atoms with Crippen molar-refractivity contribution in [1.29, 1.82) is 0 Å². The van der Waals surface area contributed by atoms with E-state index in [-0.39, 0.29) is 5.91 Å². The number of thiophene rings is 1. The Labute approximate surface area is 220 Å². The summed E-state index contributed by atoms with van der Waals surface area (Å²) in [6.45, 7) is 4.12. The summed E-state index contributed by atoms with van der Waals surface area (Å²) in [5.41, 5.74) is 8.25. The zero-order chi connectivity index (χ0) is 25.4. The largest absolute Gasteiger partial charge is 0.326 e. The third-order valence-corrected chi connectivity index (χ3v) is 7.84. The smallest absolute Gasteiger partial charge is 0.224 e. The van der Waals surface area contributed by atoms with Crippen LogP contribution in [0.1, 0.15) is 23.2 Å². The molecule has 0 unspecified atom stereocenters. The monoisotopic (exact) mass is 501 g/mol. The quantitative estimate of drug-likeness (QED) is 0.251. The van der Waals surface area contributed by atoms with Gasteiger partial charge in [-0.15, -0.1) is 11.3 Å². The maximum Gasteiger partial charge on any atom is 0.224 e. The molecule has 3 aromatic carbocycles. The van der Waals surface area contributed by atoms with E-state index in [4.69, 9.17) is 4.98 Å². The average molecular weight is 502 g/mol. The maximum atomic E-state index is 12.9. The molecular weight excluding hydrogens is 474 g/mol. The Morgan fingerprint density at radius 1 is 0.865 bits per heavy atom. The summed E-state index contributed by atoms with van der Waals surface area (Å²) >= 11 is 1.79. The minimum Gasteiger partial charge on any atom is -0.326 e. The molecule has 1 amide bonds. The van der Waals surface area contributed by atoms with Crippen LogP contribution in [0.4, 0.5) is 5.69 Å². The summed E-state index contributed by atoms with van der Waals surface area (Å²) < 4.78 is 3.44. The molecule has 182 valence electrons. The molecule has 0 radical (unpaired) electrons. The number of pyridine rings is 1. The van der Waals surface area contributed by atoms with Gasteiger partial charge in [-0.1, -0.05) is 65.7 Å². The Morgan fingerprint density at radius 3 is 2.32 bits per heavy atom. The molecule has 0 bridgehead atoms. The van der Waals surface area contributed by atoms with Crippen LogP contribution < -0.4 is 5.32 Å². The van der Waals surface area contributed by atoms with Gasteiger partial charge in [-0.2, -0.15) is 0 Å². The van der Waals surface area contributed by atoms with E-state index in [2.05, 4.69) is 89.6 Å². The molecule has 6 rings (SSSR count). The van der Waals surface area contributed by atoms with Gasteiger partial charge >= 0.3 is 0 Å². The van der Waals surface area contributed by atoms with E-state index in [0.717, 1.165) is 33.8 Å². The number of benzene rings is 3. The number of aromatic nitrogens is 2. The minimum absolute atomic E-state index is 0.00526. The van der Waals surface area contributed by atoms with Crippen molar-refractivity contribution in [3.05, 3.63) is 114 Å². The van der Waals surface area contributed by atoms with Crippen molar-refractivity contribution < 1.29 is 4.79 Å². The van der Waals surface area contributed by atoms with Gasteiger partial charge in [0.25, 0.3) is 0 Å². The average Bonchev–Trinajstić information content (AvgIpc) is 3.50. The fraction of sp³-hybridized carbons (Fsp3) is 0.125. The summed E-state index contributed by atoms with van der Waals surface area (Å²) in [6, 6.07) is 31.3. The number of aryl methyl sites for hydroxylation is 3. The Hall–Kier alpha value is -4.22. The number of carbonyl (C=O) groups is 1. The van der Waals surface area contributed by atoms with Crippen LogP contribution in [-0.2, 0) is 11.2 Å². The Kier molecular flexibility index (Phi) is 6.07. The standard InChI is InChI=1S/C32H27N3OS/c1-21-7-11-23(12-8-21)32-27(16-18-31(36)33-26-14-9-22(2)10-15-26)35-20-25(13-17-30(35)34-32)29-19-24-5-3-4-6-28(24)37-29/h3-15,17,19-20H,16,18H2,1-2H3,(H,33,36). The van der Waals surface area contributed by atoms with Gasteiger partial charge in [0.15, 0.2) is 0 Å². The summed E-state index contributed by atoms with van der Waals surface area (Å²) in [7, 11) is 0. The number of amides is 1. The first kappa shape index (κ1) is 23.2. The second kappa shape index (κ2) is 9.68. The van der Waals surface area contributed by atoms with Gasteiger partial charge in [0, 0.05) is 39.0 Å². The molecule has 0 spiro atoms. The van der Waals surface area contributed by atoms with E-state index in [1.807, 2.05) is 31.2 Å². The molecule has 0 aliphatic carbocycles. The highest BCUT2D eigenvalue weighted by molar-refractivity contribution is 7.22. The summed E-state index contributed by atoms with van der Waals surface area (Å²) in [6.07, 6.45) is 3.11. The van der Waals surface area contributed by atoms with Crippen LogP contribution in [0.3, 0.4) is 0 Å². The summed E-state index contributed by atoms with van der Waals surface area (Å²) in [5, 5.41) is 4.28. The van der Waals surface area contributed by atoms with Gasteiger partial charge in [-0.25, -0.2) is 4.98 Å². The highest BCUT2D eigenvalue weighted by atomic mass is 32.1. The van der Waals surface area contributed by atoms with E-state index in [1.165, 1.54) is 26.1 Å². The van der Waals surface area contributed by atoms with E-state index in [9.17, 15) is 4.79 Å². The van der Waals surface area contributed by atoms with Crippen molar-refractivity contribution in [2.24, 2.45) is 0 Å². The molecule has 5 heteroatoms. The fourth-order valence-corrected chi connectivity index (χ4v) is 5.69. The molecule has 0 aliphatic heterocycles. The number of imidazole rings is 1. The van der Waals surface area contributed by atoms with Crippen molar-refractivity contribution in [1.82, 2.24) is 9.38 Å². The number of carbonyl (C=O) groups excluding carboxylic acids is 1. The van der Waals surface area contributed by atoms with Crippen LogP contribution in [-0.4, -0.2) is 15.3 Å². The van der Waals surface area contributed by atoms with Crippen molar-refractivity contribution in [2.75, 3.05) is 5.32 Å². The van der Waals surface area contributed by atoms with Crippen molar-refractivity contribution in [3.63, 3.8) is 0 Å². The summed E-state index contributed by atoms with van der Waals surface area (Å²) in [5.74, 6) is -0.00526. The van der Waals surface area contributed by atoms with E-state index < -0.39 is 0 Å². The highest BCUT2D eigenvalue weighted by Gasteiger charge is 2.17. The molecule has 0 fully saturated rings. The SMILES string of the molecule is Cc1ccc(NC(=O)CCc2c(-c3ccc(C)cc3)nc3ccc(-c4cc5ccccc5s4)cn23)cc1. The molecule has 6 aromatic rings. The molecule has 3 heterocycles. The van der Waals surface area contributed by atoms with Crippen molar-refractivity contribution in [2.45, 2.75) is 26.7 Å². The normalized spacial score (nSPS) is 11.3. The van der Waals surface area contributed by atoms with E-state index >= 15 is 0 Å². The molecule has 0 saturated carbocycles. The number of anilines is 1. The number of nitrogens with one attached hydrogen (secondary N) is 1. The van der Waals surface area contributed by atoms with Gasteiger partial charge in [0.2, 0.25) is 5.91 Å². The Morgan fingerprint density at radius 2 is 1.57 bits per heavy atom. The second-order valence-electron chi connectivity index (χ2n) is 9.48. The van der Waals surface area contributed by atoms with Crippen molar-refractivity contribution in [3.8, 4) is 21.7 Å². The first-order chi connectivity index (χ1) is 18.0. The van der Waals surface area contributed by atoms with Crippen LogP contribution >= 0.6 is 11.3 Å². The lowest BCUT2D eigenvalue weighted by atomic mass is 10.1. The van der Waals surface area contributed by atoms with Gasteiger partial charge in [0.05, 0.1) is 11.4 Å². The van der Waals surface area contributed by atoms with Crippen LogP contribution in [0.2, 0.25) is 0 Å². The first-order valence-electron chi connectivity index (χ1n) is 12.5. The number of rotatable bonds is 6. The molecule has 0 atom stereocenters. The number of hydrogen-bond donors (Lipinski definition) is 1. The Balaban J connectivity index is 1.37. The Bertz CT molecular complexity index is 1690. The van der Waals surface area contributed by atoms with E-state index in [1.54, 1.807) is 11.3 Å². The van der Waals surface area contributed by atoms with Crippen LogP contribution in [0, 0.1) is 13.8 Å². The summed E-state index contributed by atoms with van der Waals surface area (Å²) in [4.78, 5) is 19.1. The molecule has 4 nitrogen and oxygen atoms in total. The lowest BCUT2D eigenvalue weighted by Crippen LogP contribution is -2.13. The number of fused-ring (bicyclic) bond motifs is 2. The highest BCUT2D eigenvalue weighted by Crippen LogP contribution is 2.35. The fourth-order valence-electron chi connectivity index (χ4n) is 4.64. The van der Waals surface area contributed by atoms with Crippen LogP contribution in [0.25, 0.3) is 37.4 Å². The molecule has 1 N–H and O–H groups in total. The predicted molar refractivity (Wildman–Crippen MR) is 154 cm³/mol. The molecular formula is C32H27N3OS. The van der Waals surface area contributed by atoms with Crippen LogP contribution in [0.5, 0.6) is 0 Å². The van der Waals surface area contributed by atoms with Gasteiger partial charge in [-0.3, -0.25) is 4.79 Å². The zero-order valence-corrected chi connectivity index (χ0v) is 21.7. The van der Waals surface area contributed by atoms with Crippen molar-refractivity contribution >= 4 is 38.7 Å². The third-order valence-electron chi connectivity index (χ3n) is 6.68. The number of hydrogen-bond acceptors (Lipinski definition) is 3. The molecule has 3 aromatic heterocycles. The topological polar surface area (TPSA) is 46.4 Å². The molecule has 0 saturated heterocycles. The maximum absolute atomic E-state index is 12.9. The van der Waals surface area contributed by atoms with Gasteiger partial charge in [-0.05, 0) is 62.1 Å². The lowest BCUT2D eigenvalue weighted by molar-refractivity contribution is -0.116. The lowest BCUT2D eigenvalue weighted by Gasteiger charge is -2.09.